The molecule has 0 aromatic carbocycles. The second-order valence-corrected chi connectivity index (χ2v) is 9.26. The number of piperazine rings is 1. The molecule has 5 nitrogen and oxygen atoms in total. The Labute approximate surface area is 136 Å². The van der Waals surface area contributed by atoms with E-state index in [2.05, 4.69) is 23.6 Å². The Balaban J connectivity index is 1.66. The van der Waals surface area contributed by atoms with Crippen LogP contribution in [-0.2, 0) is 10.0 Å². The van der Waals surface area contributed by atoms with Gasteiger partial charge in [0, 0.05) is 45.3 Å². The zero-order valence-electron chi connectivity index (χ0n) is 14.5. The molecule has 0 saturated carbocycles. The van der Waals surface area contributed by atoms with Crippen LogP contribution in [0.25, 0.3) is 0 Å². The van der Waals surface area contributed by atoms with Crippen molar-refractivity contribution in [2.45, 2.75) is 46.1 Å². The highest BCUT2D eigenvalue weighted by Crippen LogP contribution is 2.23. The van der Waals surface area contributed by atoms with Gasteiger partial charge in [0.25, 0.3) is 0 Å². The molecule has 2 rings (SSSR count). The summed E-state index contributed by atoms with van der Waals surface area (Å²) < 4.78 is 25.4. The van der Waals surface area contributed by atoms with Gasteiger partial charge in [-0.05, 0) is 52.5 Å². The van der Waals surface area contributed by atoms with Gasteiger partial charge in [-0.25, -0.2) is 12.7 Å². The summed E-state index contributed by atoms with van der Waals surface area (Å²) in [6, 6.07) is 0.659. The van der Waals surface area contributed by atoms with E-state index >= 15 is 0 Å². The van der Waals surface area contributed by atoms with Gasteiger partial charge in [0.15, 0.2) is 0 Å². The van der Waals surface area contributed by atoms with E-state index in [0.29, 0.717) is 12.0 Å². The molecular weight excluding hydrogens is 298 g/mol. The summed E-state index contributed by atoms with van der Waals surface area (Å²) in [4.78, 5) is 5.12. The van der Waals surface area contributed by atoms with Gasteiger partial charge in [0.05, 0.1) is 5.75 Å². The molecule has 2 saturated heterocycles. The average Bonchev–Trinajstić information content (AvgIpc) is 2.53. The van der Waals surface area contributed by atoms with Gasteiger partial charge < -0.3 is 4.90 Å². The minimum atomic E-state index is -2.98. The van der Waals surface area contributed by atoms with Gasteiger partial charge in [-0.2, -0.15) is 0 Å². The van der Waals surface area contributed by atoms with Crippen LogP contribution in [-0.4, -0.2) is 80.1 Å². The van der Waals surface area contributed by atoms with Crippen LogP contribution >= 0.6 is 0 Å². The Morgan fingerprint density at radius 2 is 1.59 bits per heavy atom. The molecule has 0 aromatic rings. The van der Waals surface area contributed by atoms with Crippen molar-refractivity contribution >= 4 is 10.0 Å². The van der Waals surface area contributed by atoms with E-state index in [4.69, 9.17) is 0 Å². The zero-order valence-corrected chi connectivity index (χ0v) is 15.3. The fourth-order valence-corrected chi connectivity index (χ4v) is 4.66. The van der Waals surface area contributed by atoms with Crippen LogP contribution in [0, 0.1) is 5.92 Å². The number of hydrogen-bond acceptors (Lipinski definition) is 4. The van der Waals surface area contributed by atoms with Crippen LogP contribution in [0.2, 0.25) is 0 Å². The quantitative estimate of drug-likeness (QED) is 0.739. The van der Waals surface area contributed by atoms with E-state index < -0.39 is 10.0 Å². The molecule has 2 aliphatic rings. The first-order chi connectivity index (χ1) is 10.4. The topological polar surface area (TPSA) is 43.9 Å². The van der Waals surface area contributed by atoms with Crippen LogP contribution < -0.4 is 0 Å². The minimum absolute atomic E-state index is 0.234. The van der Waals surface area contributed by atoms with E-state index in [1.807, 2.05) is 0 Å². The molecule has 130 valence electrons. The van der Waals surface area contributed by atoms with Gasteiger partial charge in [-0.3, -0.25) is 4.90 Å². The van der Waals surface area contributed by atoms with Crippen molar-refractivity contribution < 1.29 is 8.42 Å². The fraction of sp³-hybridized carbons (Fsp3) is 1.00. The third-order valence-corrected chi connectivity index (χ3v) is 7.20. The molecule has 2 aliphatic heterocycles. The van der Waals surface area contributed by atoms with E-state index in [1.165, 1.54) is 39.1 Å². The van der Waals surface area contributed by atoms with Crippen molar-refractivity contribution in [3.05, 3.63) is 0 Å². The maximum Gasteiger partial charge on any atom is 0.213 e. The van der Waals surface area contributed by atoms with Gasteiger partial charge >= 0.3 is 0 Å². The number of sulfonamides is 1. The fourth-order valence-electron chi connectivity index (χ4n) is 3.53. The molecular formula is C16H33N3O2S. The largest absolute Gasteiger partial charge is 0.301 e. The van der Waals surface area contributed by atoms with Gasteiger partial charge in [0.1, 0.15) is 0 Å². The summed E-state index contributed by atoms with van der Waals surface area (Å²) in [7, 11) is -2.98. The van der Waals surface area contributed by atoms with Crippen molar-refractivity contribution in [2.24, 2.45) is 5.92 Å². The maximum absolute atomic E-state index is 11.9. The molecule has 0 aliphatic carbocycles. The summed E-state index contributed by atoms with van der Waals surface area (Å²) in [5.41, 5.74) is 0. The van der Waals surface area contributed by atoms with E-state index in [-0.39, 0.29) is 5.75 Å². The third kappa shape index (κ3) is 4.91. The normalized spacial score (nSPS) is 24.2. The van der Waals surface area contributed by atoms with Gasteiger partial charge in [-0.15, -0.1) is 0 Å². The molecule has 0 radical (unpaired) electrons. The van der Waals surface area contributed by atoms with Gasteiger partial charge in [0.2, 0.25) is 10.0 Å². The Morgan fingerprint density at radius 3 is 2.09 bits per heavy atom. The van der Waals surface area contributed by atoms with E-state index in [9.17, 15) is 8.42 Å². The van der Waals surface area contributed by atoms with E-state index in [0.717, 1.165) is 25.9 Å². The highest BCUT2D eigenvalue weighted by Gasteiger charge is 2.27. The molecule has 0 aromatic heterocycles. The first-order valence-electron chi connectivity index (χ1n) is 8.86. The lowest BCUT2D eigenvalue weighted by molar-refractivity contribution is 0.101. The molecule has 0 N–H and O–H groups in total. The van der Waals surface area contributed by atoms with Crippen molar-refractivity contribution in [3.8, 4) is 0 Å². The molecule has 2 fully saturated rings. The molecule has 0 unspecified atom stereocenters. The number of rotatable bonds is 6. The minimum Gasteiger partial charge on any atom is -0.301 e. The summed E-state index contributed by atoms with van der Waals surface area (Å²) in [5, 5.41) is 0. The highest BCUT2D eigenvalue weighted by atomic mass is 32.2. The second-order valence-electron chi connectivity index (χ2n) is 7.00. The van der Waals surface area contributed by atoms with E-state index in [1.54, 1.807) is 11.2 Å². The standard InChI is InChI=1S/C16H33N3O2S/c1-4-22(20,21)19-9-6-16(7-10-19)5-8-17-11-13-18(14-12-17)15(2)3/h15-16H,4-14H2,1-3H3. The highest BCUT2D eigenvalue weighted by molar-refractivity contribution is 7.89. The number of nitrogens with zero attached hydrogens (tertiary/aromatic N) is 3. The lowest BCUT2D eigenvalue weighted by atomic mass is 9.94. The predicted molar refractivity (Wildman–Crippen MR) is 91.5 cm³/mol. The first-order valence-corrected chi connectivity index (χ1v) is 10.5. The lowest BCUT2D eigenvalue weighted by Crippen LogP contribution is -2.49. The van der Waals surface area contributed by atoms with Crippen LogP contribution in [0.15, 0.2) is 0 Å². The molecule has 22 heavy (non-hydrogen) atoms. The van der Waals surface area contributed by atoms with Crippen LogP contribution in [0.3, 0.4) is 0 Å². The van der Waals surface area contributed by atoms with Crippen LogP contribution in [0.1, 0.15) is 40.0 Å². The van der Waals surface area contributed by atoms with Crippen molar-refractivity contribution in [2.75, 3.05) is 51.6 Å². The first kappa shape index (κ1) is 18.2. The number of piperidine rings is 1. The Bertz CT molecular complexity index is 423. The third-order valence-electron chi connectivity index (χ3n) is 5.32. The molecule has 0 bridgehead atoms. The van der Waals surface area contributed by atoms with Crippen LogP contribution in [0.5, 0.6) is 0 Å². The smallest absolute Gasteiger partial charge is 0.213 e. The van der Waals surface area contributed by atoms with Crippen LogP contribution in [0.4, 0.5) is 0 Å². The summed E-state index contributed by atoms with van der Waals surface area (Å²) in [5.74, 6) is 0.934. The molecule has 0 atom stereocenters. The van der Waals surface area contributed by atoms with Crippen molar-refractivity contribution in [1.82, 2.24) is 14.1 Å². The van der Waals surface area contributed by atoms with Crippen molar-refractivity contribution in [3.63, 3.8) is 0 Å². The lowest BCUT2D eigenvalue weighted by Gasteiger charge is -2.38. The average molecular weight is 332 g/mol. The summed E-state index contributed by atoms with van der Waals surface area (Å²) >= 11 is 0. The Morgan fingerprint density at radius 1 is 1.00 bits per heavy atom. The summed E-state index contributed by atoms with van der Waals surface area (Å²) in [6.45, 7) is 13.6. The zero-order chi connectivity index (χ0) is 16.2. The second kappa shape index (κ2) is 8.08. The van der Waals surface area contributed by atoms with Crippen molar-refractivity contribution in [1.29, 1.82) is 0 Å². The Kier molecular flexibility index (Phi) is 6.68. The maximum atomic E-state index is 11.9. The molecule has 6 heteroatoms. The predicted octanol–water partition coefficient (Wildman–Crippen LogP) is 1.46. The Hall–Kier alpha value is -0.170. The summed E-state index contributed by atoms with van der Waals surface area (Å²) in [6.07, 6.45) is 3.29. The monoisotopic (exact) mass is 331 g/mol. The van der Waals surface area contributed by atoms with Gasteiger partial charge in [-0.1, -0.05) is 0 Å². The molecule has 2 heterocycles. The molecule has 0 spiro atoms. The SMILES string of the molecule is CCS(=O)(=O)N1CCC(CCN2CCN(C(C)C)CC2)CC1. The molecule has 0 amide bonds. The number of hydrogen-bond donors (Lipinski definition) is 0.